The van der Waals surface area contributed by atoms with Gasteiger partial charge in [-0.3, -0.25) is 9.36 Å². The van der Waals surface area contributed by atoms with Crippen LogP contribution in [0.3, 0.4) is 0 Å². The lowest BCUT2D eigenvalue weighted by Gasteiger charge is -2.07. The molecule has 0 atom stereocenters. The summed E-state index contributed by atoms with van der Waals surface area (Å²) in [5, 5.41) is 9.85. The molecule has 1 aromatic heterocycles. The number of aromatic nitrogens is 2. The Labute approximate surface area is 123 Å². The molecule has 0 radical (unpaired) electrons. The Morgan fingerprint density at radius 2 is 1.90 bits per heavy atom. The van der Waals surface area contributed by atoms with Crippen molar-refractivity contribution in [3.63, 3.8) is 0 Å². The van der Waals surface area contributed by atoms with E-state index in [9.17, 15) is 9.90 Å². The van der Waals surface area contributed by atoms with Gasteiger partial charge in [0, 0.05) is 4.47 Å². The molecule has 3 rings (SSSR count). The molecule has 20 heavy (non-hydrogen) atoms. The van der Waals surface area contributed by atoms with Gasteiger partial charge in [0.2, 0.25) is 0 Å². The highest BCUT2D eigenvalue weighted by Gasteiger charge is 2.05. The molecule has 0 saturated heterocycles. The molecule has 4 nitrogen and oxygen atoms in total. The molecular weight excluding hydrogens is 320 g/mol. The van der Waals surface area contributed by atoms with Crippen LogP contribution in [0.5, 0.6) is 5.75 Å². The smallest absolute Gasteiger partial charge is 0.261 e. The van der Waals surface area contributed by atoms with Crippen molar-refractivity contribution < 1.29 is 5.11 Å². The van der Waals surface area contributed by atoms with Gasteiger partial charge in [0.25, 0.3) is 5.56 Å². The Morgan fingerprint density at radius 3 is 2.65 bits per heavy atom. The zero-order valence-electron chi connectivity index (χ0n) is 10.5. The van der Waals surface area contributed by atoms with Crippen LogP contribution in [-0.2, 0) is 6.54 Å². The van der Waals surface area contributed by atoms with Gasteiger partial charge in [0.05, 0.1) is 23.8 Å². The van der Waals surface area contributed by atoms with Crippen molar-refractivity contribution in [1.82, 2.24) is 9.55 Å². The van der Waals surface area contributed by atoms with Gasteiger partial charge in [-0.15, -0.1) is 0 Å². The lowest BCUT2D eigenvalue weighted by atomic mass is 10.2. The Hall–Kier alpha value is -2.14. The van der Waals surface area contributed by atoms with Crippen LogP contribution in [0.4, 0.5) is 0 Å². The minimum atomic E-state index is -0.0735. The maximum Gasteiger partial charge on any atom is 0.261 e. The molecule has 0 aliphatic rings. The van der Waals surface area contributed by atoms with Crippen LogP contribution in [0.1, 0.15) is 5.56 Å². The molecule has 0 saturated carbocycles. The first-order valence-electron chi connectivity index (χ1n) is 6.06. The van der Waals surface area contributed by atoms with E-state index < -0.39 is 0 Å². The lowest BCUT2D eigenvalue weighted by molar-refractivity contribution is 0.475. The first-order valence-corrected chi connectivity index (χ1v) is 6.85. The first kappa shape index (κ1) is 12.9. The number of phenolic OH excluding ortho intramolecular Hbond substituents is 1. The average molecular weight is 331 g/mol. The monoisotopic (exact) mass is 330 g/mol. The van der Waals surface area contributed by atoms with Gasteiger partial charge in [0.1, 0.15) is 5.75 Å². The van der Waals surface area contributed by atoms with Gasteiger partial charge < -0.3 is 5.11 Å². The van der Waals surface area contributed by atoms with E-state index in [1.807, 2.05) is 12.1 Å². The van der Waals surface area contributed by atoms with E-state index >= 15 is 0 Å². The molecule has 0 fully saturated rings. The molecule has 0 aliphatic heterocycles. The summed E-state index contributed by atoms with van der Waals surface area (Å²) >= 11 is 3.36. The van der Waals surface area contributed by atoms with E-state index in [0.29, 0.717) is 17.4 Å². The average Bonchev–Trinajstić information content (AvgIpc) is 2.44. The van der Waals surface area contributed by atoms with E-state index in [1.54, 1.807) is 41.2 Å². The van der Waals surface area contributed by atoms with Crippen LogP contribution in [0.25, 0.3) is 10.9 Å². The second-order valence-corrected chi connectivity index (χ2v) is 5.42. The molecule has 0 spiro atoms. The summed E-state index contributed by atoms with van der Waals surface area (Å²) in [4.78, 5) is 16.7. The fourth-order valence-electron chi connectivity index (χ4n) is 2.04. The van der Waals surface area contributed by atoms with Crippen molar-refractivity contribution in [1.29, 1.82) is 0 Å². The van der Waals surface area contributed by atoms with Crippen molar-refractivity contribution in [3.05, 3.63) is 69.2 Å². The molecule has 0 bridgehead atoms. The summed E-state index contributed by atoms with van der Waals surface area (Å²) in [6.07, 6.45) is 1.55. The number of hydrogen-bond donors (Lipinski definition) is 1. The van der Waals surface area contributed by atoms with Crippen LogP contribution in [0.2, 0.25) is 0 Å². The van der Waals surface area contributed by atoms with Crippen LogP contribution in [-0.4, -0.2) is 14.7 Å². The minimum Gasteiger partial charge on any atom is -0.508 e. The number of benzene rings is 2. The fraction of sp³-hybridized carbons (Fsp3) is 0.0667. The summed E-state index contributed by atoms with van der Waals surface area (Å²) in [5.74, 6) is 0.211. The minimum absolute atomic E-state index is 0.0735. The number of phenols is 1. The molecule has 1 heterocycles. The highest BCUT2D eigenvalue weighted by atomic mass is 79.9. The summed E-state index contributed by atoms with van der Waals surface area (Å²) < 4.78 is 2.45. The SMILES string of the molecule is O=c1c2ccc(Br)cc2ncn1Cc1ccc(O)cc1. The third-order valence-corrected chi connectivity index (χ3v) is 3.57. The van der Waals surface area contributed by atoms with Crippen LogP contribution in [0.15, 0.2) is 58.1 Å². The lowest BCUT2D eigenvalue weighted by Crippen LogP contribution is -2.21. The molecule has 100 valence electrons. The highest BCUT2D eigenvalue weighted by molar-refractivity contribution is 9.10. The van der Waals surface area contributed by atoms with E-state index in [1.165, 1.54) is 0 Å². The highest BCUT2D eigenvalue weighted by Crippen LogP contribution is 2.15. The van der Waals surface area contributed by atoms with Gasteiger partial charge in [-0.25, -0.2) is 4.98 Å². The topological polar surface area (TPSA) is 55.1 Å². The molecule has 3 aromatic rings. The summed E-state index contributed by atoms with van der Waals surface area (Å²) in [6.45, 7) is 0.429. The summed E-state index contributed by atoms with van der Waals surface area (Å²) in [6, 6.07) is 12.2. The van der Waals surface area contributed by atoms with Gasteiger partial charge >= 0.3 is 0 Å². The van der Waals surface area contributed by atoms with Crippen molar-refractivity contribution >= 4 is 26.8 Å². The molecule has 5 heteroatoms. The zero-order valence-corrected chi connectivity index (χ0v) is 12.0. The maximum absolute atomic E-state index is 12.4. The zero-order chi connectivity index (χ0) is 14.1. The third kappa shape index (κ3) is 2.44. The third-order valence-electron chi connectivity index (χ3n) is 3.08. The molecular formula is C15H11BrN2O2. The van der Waals surface area contributed by atoms with Crippen molar-refractivity contribution in [2.45, 2.75) is 6.54 Å². The Balaban J connectivity index is 2.04. The molecule has 0 unspecified atom stereocenters. The number of rotatable bonds is 2. The van der Waals surface area contributed by atoms with Gasteiger partial charge in [-0.05, 0) is 35.9 Å². The second kappa shape index (κ2) is 5.09. The van der Waals surface area contributed by atoms with Gasteiger partial charge in [-0.1, -0.05) is 28.1 Å². The normalized spacial score (nSPS) is 10.8. The predicted molar refractivity (Wildman–Crippen MR) is 80.9 cm³/mol. The van der Waals surface area contributed by atoms with Crippen LogP contribution >= 0.6 is 15.9 Å². The molecule has 2 aromatic carbocycles. The van der Waals surface area contributed by atoms with Crippen molar-refractivity contribution in [2.24, 2.45) is 0 Å². The molecule has 1 N–H and O–H groups in total. The van der Waals surface area contributed by atoms with Gasteiger partial charge in [-0.2, -0.15) is 0 Å². The number of halogens is 1. The second-order valence-electron chi connectivity index (χ2n) is 4.51. The van der Waals surface area contributed by atoms with Gasteiger partial charge in [0.15, 0.2) is 0 Å². The fourth-order valence-corrected chi connectivity index (χ4v) is 2.39. The van der Waals surface area contributed by atoms with Crippen LogP contribution in [0, 0.1) is 0 Å². The Morgan fingerprint density at radius 1 is 1.15 bits per heavy atom. The van der Waals surface area contributed by atoms with Crippen LogP contribution < -0.4 is 5.56 Å². The van der Waals surface area contributed by atoms with E-state index in [0.717, 1.165) is 10.0 Å². The number of nitrogens with zero attached hydrogens (tertiary/aromatic N) is 2. The van der Waals surface area contributed by atoms with E-state index in [2.05, 4.69) is 20.9 Å². The summed E-state index contributed by atoms with van der Waals surface area (Å²) in [7, 11) is 0. The van der Waals surface area contributed by atoms with E-state index in [4.69, 9.17) is 0 Å². The number of aromatic hydroxyl groups is 1. The predicted octanol–water partition coefficient (Wildman–Crippen LogP) is 2.91. The summed E-state index contributed by atoms with van der Waals surface area (Å²) in [5.41, 5.74) is 1.53. The number of hydrogen-bond acceptors (Lipinski definition) is 3. The Kier molecular flexibility index (Phi) is 3.28. The van der Waals surface area contributed by atoms with Crippen molar-refractivity contribution in [2.75, 3.05) is 0 Å². The molecule has 0 amide bonds. The van der Waals surface area contributed by atoms with E-state index in [-0.39, 0.29) is 11.3 Å². The molecule has 0 aliphatic carbocycles. The standard InChI is InChI=1S/C15H11BrN2O2/c16-11-3-6-13-14(7-11)17-9-18(15(13)20)8-10-1-4-12(19)5-2-10/h1-7,9,19H,8H2. The Bertz CT molecular complexity index is 825. The van der Waals surface area contributed by atoms with Crippen molar-refractivity contribution in [3.8, 4) is 5.75 Å². The largest absolute Gasteiger partial charge is 0.508 e. The first-order chi connectivity index (χ1) is 9.63. The number of fused-ring (bicyclic) bond motifs is 1. The quantitative estimate of drug-likeness (QED) is 0.786. The maximum atomic E-state index is 12.4.